The Bertz CT molecular complexity index is 179. The molecule has 0 saturated carbocycles. The van der Waals surface area contributed by atoms with Gasteiger partial charge in [-0.15, -0.1) is 0 Å². The molecule has 0 radical (unpaired) electrons. The molecule has 0 N–H and O–H groups in total. The molecule has 0 fully saturated rings. The van der Waals surface area contributed by atoms with Crippen molar-refractivity contribution >= 4 is 0 Å². The Morgan fingerprint density at radius 3 is 1.75 bits per heavy atom. The van der Waals surface area contributed by atoms with Gasteiger partial charge < -0.3 is 18.9 Å². The van der Waals surface area contributed by atoms with Crippen LogP contribution in [0.4, 0.5) is 0 Å². The van der Waals surface area contributed by atoms with Crippen molar-refractivity contribution in [2.24, 2.45) is 0 Å². The predicted molar refractivity (Wildman–Crippen MR) is 82.3 cm³/mol. The molecule has 4 heteroatoms. The molecule has 3 atom stereocenters. The van der Waals surface area contributed by atoms with Crippen molar-refractivity contribution in [2.75, 3.05) is 33.0 Å². The first-order valence-corrected chi connectivity index (χ1v) is 8.02. The van der Waals surface area contributed by atoms with Crippen LogP contribution < -0.4 is 0 Å². The fourth-order valence-corrected chi connectivity index (χ4v) is 1.57. The predicted octanol–water partition coefficient (Wildman–Crippen LogP) is 3.43. The summed E-state index contributed by atoms with van der Waals surface area (Å²) in [5.74, 6) is 0. The monoisotopic (exact) mass is 290 g/mol. The van der Waals surface area contributed by atoms with Gasteiger partial charge in [-0.05, 0) is 33.6 Å². The minimum atomic E-state index is 0.0841. The molecular formula is C16H34O4. The van der Waals surface area contributed by atoms with Crippen LogP contribution in [0.1, 0.15) is 53.9 Å². The highest BCUT2D eigenvalue weighted by molar-refractivity contribution is 4.55. The second-order valence-corrected chi connectivity index (χ2v) is 5.40. The van der Waals surface area contributed by atoms with Crippen LogP contribution in [0.15, 0.2) is 0 Å². The van der Waals surface area contributed by atoms with Crippen molar-refractivity contribution in [1.29, 1.82) is 0 Å². The summed E-state index contributed by atoms with van der Waals surface area (Å²) >= 11 is 0. The van der Waals surface area contributed by atoms with Crippen molar-refractivity contribution in [3.8, 4) is 0 Å². The maximum atomic E-state index is 5.72. The highest BCUT2D eigenvalue weighted by atomic mass is 16.6. The lowest BCUT2D eigenvalue weighted by Gasteiger charge is -2.20. The highest BCUT2D eigenvalue weighted by Crippen LogP contribution is 2.01. The van der Waals surface area contributed by atoms with Crippen LogP contribution in [0.3, 0.4) is 0 Å². The Morgan fingerprint density at radius 1 is 0.650 bits per heavy atom. The average Bonchev–Trinajstić information content (AvgIpc) is 2.43. The third kappa shape index (κ3) is 12.9. The second-order valence-electron chi connectivity index (χ2n) is 5.40. The molecule has 0 aromatic heterocycles. The minimum absolute atomic E-state index is 0.0841. The van der Waals surface area contributed by atoms with Gasteiger partial charge >= 0.3 is 0 Å². The molecule has 0 amide bonds. The van der Waals surface area contributed by atoms with Gasteiger partial charge in [0.15, 0.2) is 0 Å². The summed E-state index contributed by atoms with van der Waals surface area (Å²) < 4.78 is 22.5. The van der Waals surface area contributed by atoms with E-state index in [9.17, 15) is 0 Å². The number of rotatable bonds is 14. The summed E-state index contributed by atoms with van der Waals surface area (Å²) in [5.41, 5.74) is 0. The van der Waals surface area contributed by atoms with E-state index < -0.39 is 0 Å². The summed E-state index contributed by atoms with van der Waals surface area (Å²) in [5, 5.41) is 0. The largest absolute Gasteiger partial charge is 0.379 e. The fraction of sp³-hybridized carbons (Fsp3) is 1.00. The molecule has 0 aromatic rings. The minimum Gasteiger partial charge on any atom is -0.379 e. The van der Waals surface area contributed by atoms with E-state index in [2.05, 4.69) is 13.8 Å². The molecule has 0 aromatic carbocycles. The van der Waals surface area contributed by atoms with E-state index in [1.807, 2.05) is 20.8 Å². The molecule has 20 heavy (non-hydrogen) atoms. The normalized spacial score (nSPS) is 16.1. The zero-order valence-electron chi connectivity index (χ0n) is 14.0. The maximum Gasteiger partial charge on any atom is 0.0781 e. The Morgan fingerprint density at radius 2 is 1.20 bits per heavy atom. The summed E-state index contributed by atoms with van der Waals surface area (Å²) in [7, 11) is 0. The molecule has 0 aliphatic carbocycles. The molecule has 0 aliphatic rings. The van der Waals surface area contributed by atoms with E-state index in [0.717, 1.165) is 32.5 Å². The molecule has 0 heterocycles. The van der Waals surface area contributed by atoms with Gasteiger partial charge in [0.25, 0.3) is 0 Å². The van der Waals surface area contributed by atoms with Crippen LogP contribution in [0.2, 0.25) is 0 Å². The van der Waals surface area contributed by atoms with Crippen LogP contribution in [-0.4, -0.2) is 51.3 Å². The van der Waals surface area contributed by atoms with Crippen molar-refractivity contribution in [3.63, 3.8) is 0 Å². The first kappa shape index (κ1) is 19.8. The molecule has 0 bridgehead atoms. The van der Waals surface area contributed by atoms with E-state index >= 15 is 0 Å². The van der Waals surface area contributed by atoms with E-state index in [4.69, 9.17) is 18.9 Å². The molecule has 122 valence electrons. The quantitative estimate of drug-likeness (QED) is 0.459. The van der Waals surface area contributed by atoms with Gasteiger partial charge in [-0.3, -0.25) is 0 Å². The smallest absolute Gasteiger partial charge is 0.0781 e. The van der Waals surface area contributed by atoms with Crippen LogP contribution in [0.25, 0.3) is 0 Å². The number of hydrogen-bond donors (Lipinski definition) is 0. The average molecular weight is 290 g/mol. The van der Waals surface area contributed by atoms with Gasteiger partial charge in [0.1, 0.15) is 0 Å². The van der Waals surface area contributed by atoms with E-state index in [1.54, 1.807) is 0 Å². The van der Waals surface area contributed by atoms with Gasteiger partial charge in [0.2, 0.25) is 0 Å². The van der Waals surface area contributed by atoms with Crippen molar-refractivity contribution < 1.29 is 18.9 Å². The Hall–Kier alpha value is -0.160. The summed E-state index contributed by atoms with van der Waals surface area (Å²) in [6, 6.07) is 0. The molecule has 0 rings (SSSR count). The second kappa shape index (κ2) is 13.8. The Labute approximate surface area is 125 Å². The van der Waals surface area contributed by atoms with E-state index in [0.29, 0.717) is 19.8 Å². The van der Waals surface area contributed by atoms with Crippen LogP contribution in [0, 0.1) is 0 Å². The molecule has 0 spiro atoms. The highest BCUT2D eigenvalue weighted by Gasteiger charge is 2.09. The summed E-state index contributed by atoms with van der Waals surface area (Å²) in [4.78, 5) is 0. The number of unbranched alkanes of at least 4 members (excludes halogenated alkanes) is 1. The molecule has 3 unspecified atom stereocenters. The maximum absolute atomic E-state index is 5.72. The molecular weight excluding hydrogens is 256 g/mol. The van der Waals surface area contributed by atoms with Gasteiger partial charge in [-0.1, -0.05) is 20.3 Å². The molecule has 0 saturated heterocycles. The zero-order chi connectivity index (χ0) is 15.2. The zero-order valence-corrected chi connectivity index (χ0v) is 14.0. The lowest BCUT2D eigenvalue weighted by atomic mass is 10.3. The van der Waals surface area contributed by atoms with Crippen LogP contribution >= 0.6 is 0 Å². The third-order valence-electron chi connectivity index (χ3n) is 2.83. The van der Waals surface area contributed by atoms with Gasteiger partial charge in [-0.2, -0.15) is 0 Å². The van der Waals surface area contributed by atoms with Crippen molar-refractivity contribution in [1.82, 2.24) is 0 Å². The van der Waals surface area contributed by atoms with Crippen molar-refractivity contribution in [2.45, 2.75) is 72.2 Å². The Kier molecular flexibility index (Phi) is 13.7. The summed E-state index contributed by atoms with van der Waals surface area (Å²) in [6.07, 6.45) is 3.66. The standard InChI is InChI=1S/C16H34O4/c1-6-8-10-18-15(4)12-20-16(5)13-19-14(3)11-17-9-7-2/h14-16H,6-13H2,1-5H3. The molecule has 4 nitrogen and oxygen atoms in total. The number of hydrogen-bond acceptors (Lipinski definition) is 4. The van der Waals surface area contributed by atoms with Crippen molar-refractivity contribution in [3.05, 3.63) is 0 Å². The first-order valence-electron chi connectivity index (χ1n) is 8.02. The Balaban J connectivity index is 3.49. The SMILES string of the molecule is CCCCOC(C)COC(C)COC(C)COCCC. The van der Waals surface area contributed by atoms with Gasteiger partial charge in [0, 0.05) is 13.2 Å². The van der Waals surface area contributed by atoms with Gasteiger partial charge in [-0.25, -0.2) is 0 Å². The van der Waals surface area contributed by atoms with Crippen LogP contribution in [0.5, 0.6) is 0 Å². The van der Waals surface area contributed by atoms with Crippen LogP contribution in [-0.2, 0) is 18.9 Å². The lowest BCUT2D eigenvalue weighted by molar-refractivity contribution is -0.0799. The fourth-order valence-electron chi connectivity index (χ4n) is 1.57. The molecule has 0 aliphatic heterocycles. The third-order valence-corrected chi connectivity index (χ3v) is 2.83. The van der Waals surface area contributed by atoms with Gasteiger partial charge in [0.05, 0.1) is 38.1 Å². The lowest BCUT2D eigenvalue weighted by Crippen LogP contribution is -2.26. The van der Waals surface area contributed by atoms with E-state index in [-0.39, 0.29) is 18.3 Å². The first-order chi connectivity index (χ1) is 9.60. The topological polar surface area (TPSA) is 36.9 Å². The number of ether oxygens (including phenoxy) is 4. The summed E-state index contributed by atoms with van der Waals surface area (Å²) in [6.45, 7) is 13.8. The van der Waals surface area contributed by atoms with E-state index in [1.165, 1.54) is 0 Å².